The minimum atomic E-state index is -0.752. The number of hydrogen-bond acceptors (Lipinski definition) is 5. The highest BCUT2D eigenvalue weighted by atomic mass is 16.6. The maximum absolute atomic E-state index is 12.0. The van der Waals surface area contributed by atoms with Gasteiger partial charge in [0.25, 0.3) is 11.8 Å². The van der Waals surface area contributed by atoms with Gasteiger partial charge in [0.15, 0.2) is 5.76 Å². The topological polar surface area (TPSA) is 128 Å². The summed E-state index contributed by atoms with van der Waals surface area (Å²) in [6, 6.07) is 7.06. The van der Waals surface area contributed by atoms with Crippen molar-refractivity contribution in [3.8, 4) is 0 Å². The first-order chi connectivity index (χ1) is 9.90. The van der Waals surface area contributed by atoms with Gasteiger partial charge in [-0.2, -0.15) is 0 Å². The minimum absolute atomic E-state index is 0.173. The number of benzene rings is 1. The lowest BCUT2D eigenvalue weighted by molar-refractivity contribution is -0.402. The van der Waals surface area contributed by atoms with Crippen molar-refractivity contribution in [2.45, 2.75) is 6.92 Å². The van der Waals surface area contributed by atoms with Gasteiger partial charge in [-0.1, -0.05) is 12.1 Å². The molecule has 21 heavy (non-hydrogen) atoms. The Morgan fingerprint density at radius 3 is 2.57 bits per heavy atom. The van der Waals surface area contributed by atoms with Crippen LogP contribution in [0.5, 0.6) is 0 Å². The molecule has 8 heteroatoms. The van der Waals surface area contributed by atoms with Gasteiger partial charge < -0.3 is 15.5 Å². The van der Waals surface area contributed by atoms with E-state index in [1.54, 1.807) is 19.1 Å². The van der Waals surface area contributed by atoms with Gasteiger partial charge in [-0.15, -0.1) is 0 Å². The van der Waals surface area contributed by atoms with Crippen LogP contribution in [-0.2, 0) is 0 Å². The third-order valence-corrected chi connectivity index (χ3v) is 2.76. The van der Waals surface area contributed by atoms with Gasteiger partial charge in [0.05, 0.1) is 17.3 Å². The van der Waals surface area contributed by atoms with Crippen molar-refractivity contribution in [2.75, 3.05) is 5.32 Å². The molecule has 0 saturated heterocycles. The quantitative estimate of drug-likeness (QED) is 0.655. The first-order valence-electron chi connectivity index (χ1n) is 5.85. The Labute approximate surface area is 118 Å². The number of furan rings is 1. The Kier molecular flexibility index (Phi) is 3.70. The molecule has 0 aliphatic rings. The van der Waals surface area contributed by atoms with Crippen LogP contribution in [0.3, 0.4) is 0 Å². The van der Waals surface area contributed by atoms with Crippen molar-refractivity contribution in [3.05, 3.63) is 57.3 Å². The molecule has 0 spiro atoms. The number of amides is 2. The molecular formula is C13H11N3O5. The van der Waals surface area contributed by atoms with Gasteiger partial charge in [0, 0.05) is 0 Å². The zero-order valence-electron chi connectivity index (χ0n) is 11.0. The van der Waals surface area contributed by atoms with Gasteiger partial charge in [0.2, 0.25) is 0 Å². The van der Waals surface area contributed by atoms with Gasteiger partial charge in [-0.25, -0.2) is 0 Å². The number of carbonyl (C=O) groups excluding carboxylic acids is 2. The van der Waals surface area contributed by atoms with E-state index < -0.39 is 22.6 Å². The Morgan fingerprint density at radius 2 is 2.00 bits per heavy atom. The summed E-state index contributed by atoms with van der Waals surface area (Å²) in [5, 5.41) is 12.9. The van der Waals surface area contributed by atoms with E-state index in [0.29, 0.717) is 5.56 Å². The molecule has 0 aliphatic heterocycles. The molecule has 0 bridgehead atoms. The molecule has 0 aliphatic carbocycles. The van der Waals surface area contributed by atoms with Crippen molar-refractivity contribution in [1.82, 2.24) is 0 Å². The molecule has 0 fully saturated rings. The number of aryl methyl sites for hydroxylation is 1. The van der Waals surface area contributed by atoms with Crippen molar-refractivity contribution in [1.29, 1.82) is 0 Å². The number of nitrogens with one attached hydrogen (secondary N) is 1. The summed E-state index contributed by atoms with van der Waals surface area (Å²) in [6.45, 7) is 1.67. The first kappa shape index (κ1) is 14.3. The summed E-state index contributed by atoms with van der Waals surface area (Å²) >= 11 is 0. The number of nitro groups is 1. The van der Waals surface area contributed by atoms with E-state index in [1.807, 2.05) is 0 Å². The van der Waals surface area contributed by atoms with Crippen LogP contribution in [0.4, 0.5) is 11.6 Å². The summed E-state index contributed by atoms with van der Waals surface area (Å²) in [7, 11) is 0. The highest BCUT2D eigenvalue weighted by Gasteiger charge is 2.19. The predicted octanol–water partition coefficient (Wildman–Crippen LogP) is 1.85. The SMILES string of the molecule is Cc1cccc(NC(=O)c2ccc([N+](=O)[O-])o2)c1C(N)=O. The van der Waals surface area contributed by atoms with Crippen LogP contribution in [0.15, 0.2) is 34.7 Å². The first-order valence-corrected chi connectivity index (χ1v) is 5.85. The molecule has 2 amide bonds. The maximum Gasteiger partial charge on any atom is 0.433 e. The van der Waals surface area contributed by atoms with E-state index >= 15 is 0 Å². The van der Waals surface area contributed by atoms with Crippen LogP contribution < -0.4 is 11.1 Å². The standard InChI is InChI=1S/C13H11N3O5/c1-7-3-2-4-8(11(7)12(14)17)15-13(18)9-5-6-10(21-9)16(19)20/h2-6H,1H3,(H2,14,17)(H,15,18). The van der Waals surface area contributed by atoms with Crippen LogP contribution in [0.25, 0.3) is 0 Å². The lowest BCUT2D eigenvalue weighted by Crippen LogP contribution is -2.19. The second-order valence-corrected chi connectivity index (χ2v) is 4.21. The predicted molar refractivity (Wildman–Crippen MR) is 73.0 cm³/mol. The largest absolute Gasteiger partial charge is 0.433 e. The van der Waals surface area contributed by atoms with Crippen LogP contribution in [0, 0.1) is 17.0 Å². The van der Waals surface area contributed by atoms with E-state index in [1.165, 1.54) is 12.1 Å². The van der Waals surface area contributed by atoms with Crippen LogP contribution in [-0.4, -0.2) is 16.7 Å². The summed E-state index contributed by atoms with van der Waals surface area (Å²) in [6.07, 6.45) is 0. The fourth-order valence-electron chi connectivity index (χ4n) is 1.83. The molecule has 8 nitrogen and oxygen atoms in total. The zero-order chi connectivity index (χ0) is 15.6. The molecule has 0 saturated carbocycles. The lowest BCUT2D eigenvalue weighted by atomic mass is 10.1. The van der Waals surface area contributed by atoms with E-state index in [2.05, 4.69) is 5.32 Å². The maximum atomic E-state index is 12.0. The highest BCUT2D eigenvalue weighted by molar-refractivity contribution is 6.08. The van der Waals surface area contributed by atoms with E-state index in [4.69, 9.17) is 10.2 Å². The lowest BCUT2D eigenvalue weighted by Gasteiger charge is -2.09. The van der Waals surface area contributed by atoms with Gasteiger partial charge >= 0.3 is 5.88 Å². The number of hydrogen-bond donors (Lipinski definition) is 2. The molecule has 0 radical (unpaired) electrons. The number of rotatable bonds is 4. The summed E-state index contributed by atoms with van der Waals surface area (Å²) < 4.78 is 4.78. The fraction of sp³-hybridized carbons (Fsp3) is 0.0769. The number of anilines is 1. The Hall–Kier alpha value is -3.16. The van der Waals surface area contributed by atoms with Crippen molar-refractivity contribution < 1.29 is 18.9 Å². The molecule has 1 aromatic carbocycles. The van der Waals surface area contributed by atoms with E-state index in [9.17, 15) is 19.7 Å². The van der Waals surface area contributed by atoms with Gasteiger partial charge in [-0.3, -0.25) is 19.7 Å². The monoisotopic (exact) mass is 289 g/mol. The van der Waals surface area contributed by atoms with Crippen LogP contribution in [0.2, 0.25) is 0 Å². The van der Waals surface area contributed by atoms with Crippen molar-refractivity contribution in [3.63, 3.8) is 0 Å². The minimum Gasteiger partial charge on any atom is -0.395 e. The third kappa shape index (κ3) is 2.89. The number of primary amides is 1. The van der Waals surface area contributed by atoms with Gasteiger partial charge in [-0.05, 0) is 24.6 Å². The number of nitrogens with two attached hydrogens (primary N) is 1. The second-order valence-electron chi connectivity index (χ2n) is 4.21. The molecule has 0 atom stereocenters. The van der Waals surface area contributed by atoms with Crippen molar-refractivity contribution in [2.24, 2.45) is 5.73 Å². The smallest absolute Gasteiger partial charge is 0.395 e. The number of carbonyl (C=O) groups is 2. The highest BCUT2D eigenvalue weighted by Crippen LogP contribution is 2.21. The molecule has 1 aromatic heterocycles. The molecule has 2 rings (SSSR count). The summed E-state index contributed by atoms with van der Waals surface area (Å²) in [5.74, 6) is -2.18. The molecule has 1 heterocycles. The van der Waals surface area contributed by atoms with Gasteiger partial charge in [0.1, 0.15) is 4.92 Å². The van der Waals surface area contributed by atoms with E-state index in [-0.39, 0.29) is 17.0 Å². The second kappa shape index (κ2) is 5.45. The summed E-state index contributed by atoms with van der Waals surface area (Å²) in [5.41, 5.74) is 6.26. The van der Waals surface area contributed by atoms with Crippen molar-refractivity contribution >= 4 is 23.4 Å². The molecule has 3 N–H and O–H groups in total. The van der Waals surface area contributed by atoms with Crippen LogP contribution in [0.1, 0.15) is 26.5 Å². The fourth-order valence-corrected chi connectivity index (χ4v) is 1.83. The Bertz CT molecular complexity index is 735. The molecule has 2 aromatic rings. The van der Waals surface area contributed by atoms with E-state index in [0.717, 1.165) is 6.07 Å². The molecular weight excluding hydrogens is 278 g/mol. The number of nitrogens with zero attached hydrogens (tertiary/aromatic N) is 1. The average molecular weight is 289 g/mol. The average Bonchev–Trinajstić information content (AvgIpc) is 2.88. The normalized spacial score (nSPS) is 10.1. The molecule has 0 unspecified atom stereocenters. The summed E-state index contributed by atoms with van der Waals surface area (Å²) in [4.78, 5) is 33.1. The Balaban J connectivity index is 2.29. The zero-order valence-corrected chi connectivity index (χ0v) is 11.0. The third-order valence-electron chi connectivity index (χ3n) is 2.76. The Morgan fingerprint density at radius 1 is 1.29 bits per heavy atom. The van der Waals surface area contributed by atoms with Crippen LogP contribution >= 0.6 is 0 Å². The molecule has 108 valence electrons.